The van der Waals surface area contributed by atoms with Crippen molar-refractivity contribution in [2.24, 2.45) is 5.92 Å². The van der Waals surface area contributed by atoms with Crippen molar-refractivity contribution in [2.75, 3.05) is 4.90 Å². The lowest BCUT2D eigenvalue weighted by Gasteiger charge is -2.36. The van der Waals surface area contributed by atoms with Gasteiger partial charge in [0.15, 0.2) is 0 Å². The zero-order chi connectivity index (χ0) is 22.7. The number of para-hydroxylation sites is 1. The zero-order valence-electron chi connectivity index (χ0n) is 19.4. The second kappa shape index (κ2) is 10.1. The molecular formula is C27H34N2O2S. The molecule has 1 heterocycles. The molecule has 4 nitrogen and oxygen atoms in total. The maximum absolute atomic E-state index is 13.7. The molecule has 170 valence electrons. The Bertz CT molecular complexity index is 981. The molecule has 1 saturated carbocycles. The number of aryl methyl sites for hydroxylation is 2. The van der Waals surface area contributed by atoms with Gasteiger partial charge < -0.3 is 10.2 Å². The van der Waals surface area contributed by atoms with Crippen molar-refractivity contribution in [3.05, 3.63) is 59.2 Å². The predicted molar refractivity (Wildman–Crippen MR) is 132 cm³/mol. The van der Waals surface area contributed by atoms with Gasteiger partial charge in [-0.3, -0.25) is 9.59 Å². The van der Waals surface area contributed by atoms with Gasteiger partial charge >= 0.3 is 0 Å². The third-order valence-electron chi connectivity index (χ3n) is 6.82. The summed E-state index contributed by atoms with van der Waals surface area (Å²) in [7, 11) is 0. The van der Waals surface area contributed by atoms with E-state index in [2.05, 4.69) is 43.4 Å². The molecule has 4 rings (SSSR count). The number of hydrogen-bond donors (Lipinski definition) is 1. The van der Waals surface area contributed by atoms with Crippen molar-refractivity contribution in [3.63, 3.8) is 0 Å². The standard InChI is InChI=1S/C27H34N2O2S/c1-18-14-15-19(2)21(16-18)17-29-23-12-8-9-13-24(23)32-25(27(29)31)20(3)26(30)28-22-10-6-4-5-7-11-22/h8-9,12-16,20,22,25H,4-7,10-11,17H2,1-3H3,(H,28,30)/t20-,25-/m1/s1. The van der Waals surface area contributed by atoms with Gasteiger partial charge in [-0.15, -0.1) is 11.8 Å². The maximum Gasteiger partial charge on any atom is 0.241 e. The maximum atomic E-state index is 13.7. The molecule has 2 aromatic carbocycles. The van der Waals surface area contributed by atoms with Crippen LogP contribution in [-0.2, 0) is 16.1 Å². The number of amides is 2. The van der Waals surface area contributed by atoms with Crippen LogP contribution in [0.1, 0.15) is 62.1 Å². The highest BCUT2D eigenvalue weighted by atomic mass is 32.2. The molecule has 0 unspecified atom stereocenters. The first-order chi connectivity index (χ1) is 15.4. The summed E-state index contributed by atoms with van der Waals surface area (Å²) in [5.74, 6) is -0.350. The fourth-order valence-corrected chi connectivity index (χ4v) is 6.04. The molecule has 0 radical (unpaired) electrons. The van der Waals surface area contributed by atoms with Crippen LogP contribution in [0.25, 0.3) is 0 Å². The van der Waals surface area contributed by atoms with E-state index in [0.29, 0.717) is 6.54 Å². The Kier molecular flexibility index (Phi) is 7.24. The molecule has 0 saturated heterocycles. The summed E-state index contributed by atoms with van der Waals surface area (Å²) in [6, 6.07) is 14.7. The zero-order valence-corrected chi connectivity index (χ0v) is 20.2. The number of thioether (sulfide) groups is 1. The van der Waals surface area contributed by atoms with Crippen molar-refractivity contribution in [1.82, 2.24) is 5.32 Å². The fraction of sp³-hybridized carbons (Fsp3) is 0.481. The number of benzene rings is 2. The van der Waals surface area contributed by atoms with Crippen LogP contribution in [0.4, 0.5) is 5.69 Å². The Morgan fingerprint density at radius 3 is 2.56 bits per heavy atom. The van der Waals surface area contributed by atoms with Crippen LogP contribution >= 0.6 is 11.8 Å². The van der Waals surface area contributed by atoms with Gasteiger partial charge in [0.05, 0.1) is 18.2 Å². The smallest absolute Gasteiger partial charge is 0.241 e. The monoisotopic (exact) mass is 450 g/mol. The highest BCUT2D eigenvalue weighted by molar-refractivity contribution is 8.01. The van der Waals surface area contributed by atoms with Crippen molar-refractivity contribution in [2.45, 2.75) is 82.0 Å². The summed E-state index contributed by atoms with van der Waals surface area (Å²) in [6.45, 7) is 6.60. The molecule has 1 aliphatic heterocycles. The van der Waals surface area contributed by atoms with E-state index >= 15 is 0 Å². The van der Waals surface area contributed by atoms with E-state index in [1.54, 1.807) is 0 Å². The molecule has 5 heteroatoms. The molecule has 1 aliphatic carbocycles. The van der Waals surface area contributed by atoms with Gasteiger partial charge in [0.1, 0.15) is 5.25 Å². The van der Waals surface area contributed by atoms with Crippen LogP contribution in [-0.4, -0.2) is 23.1 Å². The summed E-state index contributed by atoms with van der Waals surface area (Å²) < 4.78 is 0. The van der Waals surface area contributed by atoms with Crippen LogP contribution in [0, 0.1) is 19.8 Å². The van der Waals surface area contributed by atoms with Crippen molar-refractivity contribution >= 4 is 29.3 Å². The number of carbonyl (C=O) groups excluding carboxylic acids is 2. The molecule has 32 heavy (non-hydrogen) atoms. The largest absolute Gasteiger partial charge is 0.353 e. The van der Waals surface area contributed by atoms with E-state index in [1.165, 1.54) is 48.6 Å². The lowest BCUT2D eigenvalue weighted by molar-refractivity contribution is -0.129. The molecule has 0 spiro atoms. The fourth-order valence-electron chi connectivity index (χ4n) is 4.75. The number of carbonyl (C=O) groups is 2. The van der Waals surface area contributed by atoms with Gasteiger partial charge in [-0.2, -0.15) is 0 Å². The quantitative estimate of drug-likeness (QED) is 0.587. The minimum Gasteiger partial charge on any atom is -0.353 e. The van der Waals surface area contributed by atoms with Gasteiger partial charge in [-0.05, 0) is 49.9 Å². The van der Waals surface area contributed by atoms with Crippen LogP contribution in [0.2, 0.25) is 0 Å². The highest BCUT2D eigenvalue weighted by Gasteiger charge is 2.39. The molecule has 0 bridgehead atoms. The Labute approximate surface area is 196 Å². The first-order valence-corrected chi connectivity index (χ1v) is 12.8. The average molecular weight is 451 g/mol. The van der Waals surface area contributed by atoms with Crippen molar-refractivity contribution < 1.29 is 9.59 Å². The second-order valence-corrected chi connectivity index (χ2v) is 10.5. The van der Waals surface area contributed by atoms with E-state index < -0.39 is 5.25 Å². The minimum atomic E-state index is -0.416. The normalized spacial score (nSPS) is 20.4. The average Bonchev–Trinajstić information content (AvgIpc) is 3.06. The van der Waals surface area contributed by atoms with Crippen LogP contribution < -0.4 is 10.2 Å². The number of nitrogens with one attached hydrogen (secondary N) is 1. The SMILES string of the molecule is Cc1ccc(C)c(CN2C(=O)[C@@H]([C@@H](C)C(=O)NC3CCCCCC3)Sc3ccccc32)c1. The van der Waals surface area contributed by atoms with Gasteiger partial charge in [0.2, 0.25) is 11.8 Å². The van der Waals surface area contributed by atoms with Crippen LogP contribution in [0.3, 0.4) is 0 Å². The molecule has 2 aromatic rings. The Morgan fingerprint density at radius 1 is 1.09 bits per heavy atom. The molecular weight excluding hydrogens is 416 g/mol. The van der Waals surface area contributed by atoms with E-state index in [9.17, 15) is 9.59 Å². The molecule has 0 aromatic heterocycles. The molecule has 2 aliphatic rings. The predicted octanol–water partition coefficient (Wildman–Crippen LogP) is 5.79. The number of rotatable bonds is 5. The van der Waals surface area contributed by atoms with Gasteiger partial charge in [-0.25, -0.2) is 0 Å². The summed E-state index contributed by atoms with van der Waals surface area (Å²) in [4.78, 5) is 29.8. The molecule has 2 atom stereocenters. The van der Waals surface area contributed by atoms with Crippen molar-refractivity contribution in [1.29, 1.82) is 0 Å². The Morgan fingerprint density at radius 2 is 1.81 bits per heavy atom. The van der Waals surface area contributed by atoms with E-state index in [1.807, 2.05) is 30.0 Å². The lowest BCUT2D eigenvalue weighted by atomic mass is 10.0. The molecule has 1 fully saturated rings. The number of nitrogens with zero attached hydrogens (tertiary/aromatic N) is 1. The second-order valence-electron chi connectivity index (χ2n) is 9.35. The summed E-state index contributed by atoms with van der Waals surface area (Å²) >= 11 is 1.54. The van der Waals surface area contributed by atoms with Crippen molar-refractivity contribution in [3.8, 4) is 0 Å². The van der Waals surface area contributed by atoms with Crippen LogP contribution in [0.15, 0.2) is 47.4 Å². The first kappa shape index (κ1) is 22.9. The number of hydrogen-bond acceptors (Lipinski definition) is 3. The van der Waals surface area contributed by atoms with E-state index in [4.69, 9.17) is 0 Å². The lowest BCUT2D eigenvalue weighted by Crippen LogP contribution is -2.48. The highest BCUT2D eigenvalue weighted by Crippen LogP contribution is 2.42. The summed E-state index contributed by atoms with van der Waals surface area (Å²) in [5, 5.41) is 2.84. The third-order valence-corrected chi connectivity index (χ3v) is 8.28. The first-order valence-electron chi connectivity index (χ1n) is 11.9. The topological polar surface area (TPSA) is 49.4 Å². The molecule has 1 N–H and O–H groups in total. The number of anilines is 1. The summed E-state index contributed by atoms with van der Waals surface area (Å²) in [5.41, 5.74) is 4.45. The number of fused-ring (bicyclic) bond motifs is 1. The molecule has 2 amide bonds. The van der Waals surface area contributed by atoms with Gasteiger partial charge in [0, 0.05) is 10.9 Å². The van der Waals surface area contributed by atoms with E-state index in [0.717, 1.165) is 29.0 Å². The Balaban J connectivity index is 1.56. The third kappa shape index (κ3) is 5.03. The van der Waals surface area contributed by atoms with E-state index in [-0.39, 0.29) is 23.8 Å². The Hall–Kier alpha value is -2.27. The van der Waals surface area contributed by atoms with Crippen LogP contribution in [0.5, 0.6) is 0 Å². The van der Waals surface area contributed by atoms with Gasteiger partial charge in [-0.1, -0.05) is 68.5 Å². The minimum absolute atomic E-state index is 0.00816. The van der Waals surface area contributed by atoms with Gasteiger partial charge in [0.25, 0.3) is 0 Å². The summed E-state index contributed by atoms with van der Waals surface area (Å²) in [6.07, 6.45) is 6.95.